The van der Waals surface area contributed by atoms with Crippen LogP contribution in [-0.2, 0) is 4.74 Å². The quantitative estimate of drug-likeness (QED) is 0.779. The number of nitrogens with one attached hydrogen (secondary N) is 2. The molecule has 4 nitrogen and oxygen atoms in total. The number of carbonyl (C=O) groups is 1. The number of carbonyl (C=O) groups excluding carboxylic acids is 1. The van der Waals surface area contributed by atoms with Gasteiger partial charge in [0, 0.05) is 18.8 Å². The van der Waals surface area contributed by atoms with E-state index in [4.69, 9.17) is 4.74 Å². The van der Waals surface area contributed by atoms with Crippen LogP contribution in [-0.4, -0.2) is 25.3 Å². The number of hydrogen-bond acceptors (Lipinski definition) is 2. The third kappa shape index (κ3) is 6.20. The number of ether oxygens (including phenoxy) is 1. The van der Waals surface area contributed by atoms with Crippen molar-refractivity contribution in [3.63, 3.8) is 0 Å². The van der Waals surface area contributed by atoms with E-state index in [2.05, 4.69) is 10.6 Å². The highest BCUT2D eigenvalue weighted by atomic mass is 19.1. The number of halogens is 1. The van der Waals surface area contributed by atoms with Crippen molar-refractivity contribution in [2.45, 2.75) is 33.3 Å². The second-order valence-electron chi connectivity index (χ2n) is 4.61. The molecule has 0 aliphatic rings. The monoisotopic (exact) mass is 268 g/mol. The predicted octanol–water partition coefficient (Wildman–Crippen LogP) is 3.07. The molecule has 2 N–H and O–H groups in total. The first kappa shape index (κ1) is 15.4. The molecule has 0 saturated heterocycles. The Hall–Kier alpha value is -1.62. The van der Waals surface area contributed by atoms with Crippen LogP contribution >= 0.6 is 0 Å². The highest BCUT2D eigenvalue weighted by Crippen LogP contribution is 2.15. The molecule has 19 heavy (non-hydrogen) atoms. The van der Waals surface area contributed by atoms with Gasteiger partial charge < -0.3 is 15.4 Å². The van der Waals surface area contributed by atoms with E-state index in [9.17, 15) is 9.18 Å². The van der Waals surface area contributed by atoms with Gasteiger partial charge in [0.2, 0.25) is 0 Å². The summed E-state index contributed by atoms with van der Waals surface area (Å²) in [5, 5.41) is 5.32. The Morgan fingerprint density at radius 3 is 2.84 bits per heavy atom. The van der Waals surface area contributed by atoms with Gasteiger partial charge in [0.25, 0.3) is 0 Å². The lowest BCUT2D eigenvalue weighted by Gasteiger charge is -2.11. The average molecular weight is 268 g/mol. The van der Waals surface area contributed by atoms with Crippen molar-refractivity contribution >= 4 is 11.7 Å². The van der Waals surface area contributed by atoms with E-state index in [1.807, 2.05) is 20.8 Å². The second-order valence-corrected chi connectivity index (χ2v) is 4.61. The molecule has 0 saturated carbocycles. The molecule has 5 heteroatoms. The van der Waals surface area contributed by atoms with E-state index in [0.717, 1.165) is 12.0 Å². The SMILES string of the molecule is Cc1ccc(F)cc1NC(=O)NCCCOC(C)C. The van der Waals surface area contributed by atoms with Crippen LogP contribution in [0.2, 0.25) is 0 Å². The molecule has 1 aromatic carbocycles. The molecule has 0 atom stereocenters. The summed E-state index contributed by atoms with van der Waals surface area (Å²) in [5.41, 5.74) is 1.30. The standard InChI is InChI=1S/C14H21FN2O2/c1-10(2)19-8-4-7-16-14(18)17-13-9-12(15)6-5-11(13)3/h5-6,9-10H,4,7-8H2,1-3H3,(H2,16,17,18). The first-order valence-electron chi connectivity index (χ1n) is 6.41. The van der Waals surface area contributed by atoms with Crippen LogP contribution in [0, 0.1) is 12.7 Å². The summed E-state index contributed by atoms with van der Waals surface area (Å²) in [7, 11) is 0. The van der Waals surface area contributed by atoms with Crippen molar-refractivity contribution in [1.29, 1.82) is 0 Å². The molecule has 0 radical (unpaired) electrons. The minimum atomic E-state index is -0.369. The van der Waals surface area contributed by atoms with E-state index < -0.39 is 0 Å². The van der Waals surface area contributed by atoms with Crippen molar-refractivity contribution in [2.24, 2.45) is 0 Å². The van der Waals surface area contributed by atoms with Crippen molar-refractivity contribution in [3.8, 4) is 0 Å². The molecule has 0 unspecified atom stereocenters. The fourth-order valence-corrected chi connectivity index (χ4v) is 1.49. The van der Waals surface area contributed by atoms with Gasteiger partial charge in [-0.25, -0.2) is 9.18 Å². The van der Waals surface area contributed by atoms with Crippen LogP contribution < -0.4 is 10.6 Å². The Morgan fingerprint density at radius 2 is 2.16 bits per heavy atom. The molecule has 0 fully saturated rings. The summed E-state index contributed by atoms with van der Waals surface area (Å²) in [5.74, 6) is -0.369. The summed E-state index contributed by atoms with van der Waals surface area (Å²) in [4.78, 5) is 11.6. The van der Waals surface area contributed by atoms with Crippen molar-refractivity contribution in [2.75, 3.05) is 18.5 Å². The third-order valence-electron chi connectivity index (χ3n) is 2.51. The fourth-order valence-electron chi connectivity index (χ4n) is 1.49. The Kier molecular flexibility index (Phi) is 6.29. The fraction of sp³-hybridized carbons (Fsp3) is 0.500. The largest absolute Gasteiger partial charge is 0.379 e. The lowest BCUT2D eigenvalue weighted by atomic mass is 10.2. The number of hydrogen-bond donors (Lipinski definition) is 2. The van der Waals surface area contributed by atoms with Gasteiger partial charge in [-0.2, -0.15) is 0 Å². The summed E-state index contributed by atoms with van der Waals surface area (Å²) in [6.45, 7) is 6.87. The van der Waals surface area contributed by atoms with Crippen LogP contribution in [0.5, 0.6) is 0 Å². The van der Waals surface area contributed by atoms with Crippen LogP contribution in [0.4, 0.5) is 14.9 Å². The van der Waals surface area contributed by atoms with E-state index >= 15 is 0 Å². The van der Waals surface area contributed by atoms with Crippen molar-refractivity contribution in [3.05, 3.63) is 29.6 Å². The summed E-state index contributed by atoms with van der Waals surface area (Å²) < 4.78 is 18.4. The second kappa shape index (κ2) is 7.74. The van der Waals surface area contributed by atoms with Gasteiger partial charge in [-0.3, -0.25) is 0 Å². The topological polar surface area (TPSA) is 50.4 Å². The van der Waals surface area contributed by atoms with Crippen molar-refractivity contribution < 1.29 is 13.9 Å². The van der Waals surface area contributed by atoms with Crippen LogP contribution in [0.25, 0.3) is 0 Å². The van der Waals surface area contributed by atoms with Crippen molar-refractivity contribution in [1.82, 2.24) is 5.32 Å². The Bertz CT molecular complexity index is 422. The maximum atomic E-state index is 13.0. The van der Waals surface area contributed by atoms with Crippen LogP contribution in [0.3, 0.4) is 0 Å². The third-order valence-corrected chi connectivity index (χ3v) is 2.51. The number of aryl methyl sites for hydroxylation is 1. The number of anilines is 1. The van der Waals surface area contributed by atoms with E-state index in [0.29, 0.717) is 18.8 Å². The maximum absolute atomic E-state index is 13.0. The summed E-state index contributed by atoms with van der Waals surface area (Å²) in [6.07, 6.45) is 0.942. The number of benzene rings is 1. The Labute approximate surface area is 113 Å². The molecule has 0 aliphatic heterocycles. The minimum absolute atomic E-state index is 0.198. The normalized spacial score (nSPS) is 10.6. The smallest absolute Gasteiger partial charge is 0.319 e. The Morgan fingerprint density at radius 1 is 1.42 bits per heavy atom. The minimum Gasteiger partial charge on any atom is -0.379 e. The molecule has 0 heterocycles. The van der Waals surface area contributed by atoms with Gasteiger partial charge in [0.1, 0.15) is 5.82 Å². The van der Waals surface area contributed by atoms with Gasteiger partial charge in [-0.1, -0.05) is 6.07 Å². The van der Waals surface area contributed by atoms with E-state index in [1.165, 1.54) is 12.1 Å². The van der Waals surface area contributed by atoms with Gasteiger partial charge in [0.15, 0.2) is 0 Å². The molecule has 2 amide bonds. The van der Waals surface area contributed by atoms with Crippen LogP contribution in [0.15, 0.2) is 18.2 Å². The molecular weight excluding hydrogens is 247 g/mol. The van der Waals surface area contributed by atoms with E-state index in [-0.39, 0.29) is 18.0 Å². The molecule has 0 aliphatic carbocycles. The number of amides is 2. The molecule has 0 bridgehead atoms. The van der Waals surface area contributed by atoms with Gasteiger partial charge in [-0.15, -0.1) is 0 Å². The average Bonchev–Trinajstić information content (AvgIpc) is 2.33. The molecule has 1 aromatic rings. The maximum Gasteiger partial charge on any atom is 0.319 e. The molecule has 0 spiro atoms. The lowest BCUT2D eigenvalue weighted by Crippen LogP contribution is -2.30. The first-order valence-corrected chi connectivity index (χ1v) is 6.41. The van der Waals surface area contributed by atoms with Gasteiger partial charge in [0.05, 0.1) is 6.10 Å². The zero-order valence-corrected chi connectivity index (χ0v) is 11.6. The predicted molar refractivity (Wildman–Crippen MR) is 73.9 cm³/mol. The lowest BCUT2D eigenvalue weighted by molar-refractivity contribution is 0.0775. The number of urea groups is 1. The highest BCUT2D eigenvalue weighted by Gasteiger charge is 2.05. The molecule has 106 valence electrons. The Balaban J connectivity index is 2.29. The van der Waals surface area contributed by atoms with Gasteiger partial charge in [-0.05, 0) is 44.9 Å². The van der Waals surface area contributed by atoms with E-state index in [1.54, 1.807) is 6.07 Å². The van der Waals surface area contributed by atoms with Gasteiger partial charge >= 0.3 is 6.03 Å². The number of rotatable bonds is 6. The van der Waals surface area contributed by atoms with Crippen LogP contribution in [0.1, 0.15) is 25.8 Å². The summed E-state index contributed by atoms with van der Waals surface area (Å²) >= 11 is 0. The molecule has 0 aromatic heterocycles. The molecule has 1 rings (SSSR count). The zero-order chi connectivity index (χ0) is 14.3. The first-order chi connectivity index (χ1) is 8.99. The highest BCUT2D eigenvalue weighted by molar-refractivity contribution is 5.89. The zero-order valence-electron chi connectivity index (χ0n) is 11.6. The summed E-state index contributed by atoms with van der Waals surface area (Å²) in [6, 6.07) is 3.96. The molecular formula is C14H21FN2O2.